The molecule has 0 atom stereocenters. The van der Waals surface area contributed by atoms with Crippen LogP contribution in [0.1, 0.15) is 58.8 Å². The number of anilines is 1. The van der Waals surface area contributed by atoms with Crippen molar-refractivity contribution in [3.8, 4) is 6.07 Å². The predicted molar refractivity (Wildman–Crippen MR) is 132 cm³/mol. The molecule has 0 saturated heterocycles. The maximum atomic E-state index is 13.5. The first kappa shape index (κ1) is 23.3. The number of aliphatic hydroxyl groups is 1. The van der Waals surface area contributed by atoms with Crippen molar-refractivity contribution in [3.63, 3.8) is 0 Å². The minimum atomic E-state index is -0.277. The highest BCUT2D eigenvalue weighted by Crippen LogP contribution is 2.33. The van der Waals surface area contributed by atoms with Crippen molar-refractivity contribution in [2.24, 2.45) is 0 Å². The fraction of sp³-hybridized carbons (Fsp3) is 0.259. The molecular weight excluding hydrogens is 456 g/mol. The molecule has 3 heterocycles. The van der Waals surface area contributed by atoms with Gasteiger partial charge in [-0.05, 0) is 55.5 Å². The minimum absolute atomic E-state index is 0.118. The van der Waals surface area contributed by atoms with Crippen LogP contribution < -0.4 is 5.32 Å². The van der Waals surface area contributed by atoms with Gasteiger partial charge in [0.05, 0.1) is 29.7 Å². The average molecular weight is 481 g/mol. The molecule has 2 N–H and O–H groups in total. The minimum Gasteiger partial charge on any atom is -0.393 e. The quantitative estimate of drug-likeness (QED) is 0.403. The number of rotatable bonds is 6. The van der Waals surface area contributed by atoms with Gasteiger partial charge in [0.2, 0.25) is 5.91 Å². The largest absolute Gasteiger partial charge is 0.393 e. The number of nitrogens with zero attached hydrogens (tertiary/aromatic N) is 5. The zero-order valence-electron chi connectivity index (χ0n) is 19.5. The van der Waals surface area contributed by atoms with Gasteiger partial charge in [0.1, 0.15) is 17.8 Å². The van der Waals surface area contributed by atoms with Gasteiger partial charge in [-0.2, -0.15) is 5.26 Å². The summed E-state index contributed by atoms with van der Waals surface area (Å²) < 4.78 is 2.03. The molecule has 9 nitrogen and oxygen atoms in total. The summed E-state index contributed by atoms with van der Waals surface area (Å²) in [6.45, 7) is 0. The summed E-state index contributed by atoms with van der Waals surface area (Å²) in [5, 5.41) is 22.2. The Morgan fingerprint density at radius 1 is 1.11 bits per heavy atom. The van der Waals surface area contributed by atoms with Gasteiger partial charge in [-0.1, -0.05) is 12.1 Å². The molecule has 9 heteroatoms. The van der Waals surface area contributed by atoms with Crippen LogP contribution in [0.15, 0.2) is 61.3 Å². The van der Waals surface area contributed by atoms with Crippen molar-refractivity contribution >= 4 is 28.5 Å². The number of ketones is 1. The van der Waals surface area contributed by atoms with Gasteiger partial charge >= 0.3 is 0 Å². The summed E-state index contributed by atoms with van der Waals surface area (Å²) in [5.74, 6) is -0.212. The van der Waals surface area contributed by atoms with E-state index in [2.05, 4.69) is 20.3 Å². The lowest BCUT2D eigenvalue weighted by Gasteiger charge is -2.26. The van der Waals surface area contributed by atoms with Crippen molar-refractivity contribution < 1.29 is 14.7 Å². The number of nitrogens with one attached hydrogen (secondary N) is 1. The Morgan fingerprint density at radius 3 is 2.64 bits per heavy atom. The van der Waals surface area contributed by atoms with E-state index in [1.165, 1.54) is 12.5 Å². The van der Waals surface area contributed by atoms with Crippen molar-refractivity contribution in [1.82, 2.24) is 19.5 Å². The van der Waals surface area contributed by atoms with E-state index in [4.69, 9.17) is 5.26 Å². The molecule has 1 aliphatic carbocycles. The molecule has 1 saturated carbocycles. The predicted octanol–water partition coefficient (Wildman–Crippen LogP) is 3.59. The van der Waals surface area contributed by atoms with Crippen LogP contribution in [-0.2, 0) is 11.2 Å². The number of amides is 1. The average Bonchev–Trinajstić information content (AvgIpc) is 3.29. The molecule has 0 aliphatic heterocycles. The molecule has 0 unspecified atom stereocenters. The van der Waals surface area contributed by atoms with Crippen LogP contribution in [0.5, 0.6) is 0 Å². The van der Waals surface area contributed by atoms with Gasteiger partial charge in [0.25, 0.3) is 0 Å². The SMILES string of the molecule is N#Cc1ccc(CC(=O)Nc2cc(C(=O)c3cn([C@H]4CC[C@H](O)CC4)c4ncncc34)ccn2)cc1. The molecule has 1 amide bonds. The maximum absolute atomic E-state index is 13.5. The Bertz CT molecular complexity index is 1460. The third kappa shape index (κ3) is 4.85. The third-order valence-corrected chi connectivity index (χ3v) is 6.54. The van der Waals surface area contributed by atoms with E-state index in [1.54, 1.807) is 42.6 Å². The monoisotopic (exact) mass is 480 g/mol. The van der Waals surface area contributed by atoms with Crippen molar-refractivity contribution in [2.75, 3.05) is 5.32 Å². The first-order valence-electron chi connectivity index (χ1n) is 11.8. The van der Waals surface area contributed by atoms with E-state index in [0.29, 0.717) is 40.6 Å². The van der Waals surface area contributed by atoms with Crippen molar-refractivity contribution in [1.29, 1.82) is 5.26 Å². The van der Waals surface area contributed by atoms with E-state index in [1.807, 2.05) is 16.8 Å². The molecule has 36 heavy (non-hydrogen) atoms. The van der Waals surface area contributed by atoms with Crippen LogP contribution in [0.3, 0.4) is 0 Å². The fourth-order valence-electron chi connectivity index (χ4n) is 4.65. The van der Waals surface area contributed by atoms with Crippen LogP contribution in [0.4, 0.5) is 5.82 Å². The molecule has 3 aromatic heterocycles. The molecule has 5 rings (SSSR count). The number of carbonyl (C=O) groups is 2. The highest BCUT2D eigenvalue weighted by molar-refractivity contribution is 6.16. The molecule has 4 aromatic rings. The Balaban J connectivity index is 1.36. The molecule has 1 fully saturated rings. The van der Waals surface area contributed by atoms with Gasteiger partial charge in [0.15, 0.2) is 5.78 Å². The van der Waals surface area contributed by atoms with E-state index < -0.39 is 0 Å². The number of nitriles is 1. The molecule has 1 aliphatic rings. The summed E-state index contributed by atoms with van der Waals surface area (Å²) in [7, 11) is 0. The number of hydrogen-bond acceptors (Lipinski definition) is 7. The van der Waals surface area contributed by atoms with Crippen molar-refractivity contribution in [2.45, 2.75) is 44.2 Å². The van der Waals surface area contributed by atoms with Crippen LogP contribution in [-0.4, -0.2) is 42.4 Å². The van der Waals surface area contributed by atoms with Gasteiger partial charge in [-0.25, -0.2) is 15.0 Å². The molecule has 0 spiro atoms. The van der Waals surface area contributed by atoms with Gasteiger partial charge in [-0.15, -0.1) is 0 Å². The number of carbonyl (C=O) groups excluding carboxylic acids is 2. The Morgan fingerprint density at radius 2 is 1.89 bits per heavy atom. The smallest absolute Gasteiger partial charge is 0.229 e. The lowest BCUT2D eigenvalue weighted by Crippen LogP contribution is -2.20. The Kier molecular flexibility index (Phi) is 6.52. The highest BCUT2D eigenvalue weighted by Gasteiger charge is 2.25. The number of hydrogen-bond donors (Lipinski definition) is 2. The second-order valence-corrected chi connectivity index (χ2v) is 8.96. The van der Waals surface area contributed by atoms with Gasteiger partial charge < -0.3 is 15.0 Å². The summed E-state index contributed by atoms with van der Waals surface area (Å²) >= 11 is 0. The summed E-state index contributed by atoms with van der Waals surface area (Å²) in [6.07, 6.45) is 9.33. The normalized spacial score (nSPS) is 17.4. The van der Waals surface area contributed by atoms with Crippen LogP contribution >= 0.6 is 0 Å². The van der Waals surface area contributed by atoms with E-state index in [-0.39, 0.29) is 36.1 Å². The van der Waals surface area contributed by atoms with Crippen LogP contribution in [0, 0.1) is 11.3 Å². The molecule has 0 bridgehead atoms. The maximum Gasteiger partial charge on any atom is 0.229 e. The zero-order chi connectivity index (χ0) is 25.1. The molecule has 180 valence electrons. The van der Waals surface area contributed by atoms with Gasteiger partial charge in [-0.3, -0.25) is 9.59 Å². The number of fused-ring (bicyclic) bond motifs is 1. The third-order valence-electron chi connectivity index (χ3n) is 6.54. The molecule has 1 aromatic carbocycles. The first-order valence-corrected chi connectivity index (χ1v) is 11.8. The Labute approximate surface area is 207 Å². The van der Waals surface area contributed by atoms with E-state index >= 15 is 0 Å². The van der Waals surface area contributed by atoms with E-state index in [0.717, 1.165) is 18.4 Å². The fourth-order valence-corrected chi connectivity index (χ4v) is 4.65. The zero-order valence-corrected chi connectivity index (χ0v) is 19.5. The standard InChI is InChI=1S/C27H24N6O3/c28-13-18-3-1-17(2-4-18)11-25(35)32-24-12-19(9-10-30-24)26(36)23-15-33(20-5-7-21(34)8-6-20)27-22(23)14-29-16-31-27/h1-4,9-10,12,14-16,20-21,34H,5-8,11H2,(H,30,32,35)/t20-,21-. The second-order valence-electron chi connectivity index (χ2n) is 8.96. The van der Waals surface area contributed by atoms with Crippen molar-refractivity contribution in [3.05, 3.63) is 83.6 Å². The topological polar surface area (TPSA) is 134 Å². The van der Waals surface area contributed by atoms with Crippen LogP contribution in [0.2, 0.25) is 0 Å². The number of aromatic nitrogens is 4. The second kappa shape index (κ2) is 10.1. The Hall–Kier alpha value is -4.42. The molecular formula is C27H24N6O3. The number of aliphatic hydroxyl groups excluding tert-OH is 1. The first-order chi connectivity index (χ1) is 17.5. The summed E-state index contributed by atoms with van der Waals surface area (Å²) in [5.41, 5.74) is 2.86. The summed E-state index contributed by atoms with van der Waals surface area (Å²) in [4.78, 5) is 38.8. The van der Waals surface area contributed by atoms with E-state index in [9.17, 15) is 14.7 Å². The number of benzene rings is 1. The lowest BCUT2D eigenvalue weighted by atomic mass is 9.93. The highest BCUT2D eigenvalue weighted by atomic mass is 16.3. The number of pyridine rings is 1. The lowest BCUT2D eigenvalue weighted by molar-refractivity contribution is -0.115. The molecule has 0 radical (unpaired) electrons. The van der Waals surface area contributed by atoms with Crippen LogP contribution in [0.25, 0.3) is 11.0 Å². The summed E-state index contributed by atoms with van der Waals surface area (Å²) in [6, 6.07) is 12.2. The van der Waals surface area contributed by atoms with Gasteiger partial charge in [0, 0.05) is 35.6 Å².